The van der Waals surface area contributed by atoms with Gasteiger partial charge >= 0.3 is 6.18 Å². The van der Waals surface area contributed by atoms with E-state index in [0.29, 0.717) is 19.0 Å². The molecule has 0 aromatic carbocycles. The van der Waals surface area contributed by atoms with Crippen LogP contribution in [0, 0.1) is 17.7 Å². The zero-order chi connectivity index (χ0) is 25.1. The van der Waals surface area contributed by atoms with Crippen LogP contribution in [0.15, 0.2) is 47.7 Å². The van der Waals surface area contributed by atoms with Gasteiger partial charge in [0.1, 0.15) is 5.69 Å². The third kappa shape index (κ3) is 4.02. The van der Waals surface area contributed by atoms with Gasteiger partial charge in [-0.15, -0.1) is 0 Å². The number of nitrogens with zero attached hydrogens (tertiary/aromatic N) is 6. The highest BCUT2D eigenvalue weighted by atomic mass is 19.4. The SMILES string of the molecule is CN(c1nc(-c2ccncc2F)cc(=O)n1C)[C@H]1[C@@H]2CN(C(=O)c3ccc(C(F)(F)F)nc3)C[C@@H]21. The number of carbonyl (C=O) groups is 1. The highest BCUT2D eigenvalue weighted by molar-refractivity contribution is 5.94. The first-order valence-electron chi connectivity index (χ1n) is 10.8. The Morgan fingerprint density at radius 1 is 1.14 bits per heavy atom. The first-order valence-corrected chi connectivity index (χ1v) is 10.8. The normalized spacial score (nSPS) is 21.1. The minimum atomic E-state index is -4.57. The fraction of sp³-hybridized carbons (Fsp3) is 0.348. The standard InChI is InChI=1S/C23H20F4N6O2/c1-31-19(34)7-17(13-5-6-28-9-16(13)24)30-22(31)32(2)20-14-10-33(11-15(14)20)21(35)12-3-4-18(29-8-12)23(25,26)27/h3-9,14-15,20H,10-11H2,1-2H3/t14-,15+,20+. The minimum absolute atomic E-state index is 0.0143. The number of anilines is 1. The quantitative estimate of drug-likeness (QED) is 0.525. The molecule has 1 aliphatic carbocycles. The van der Waals surface area contributed by atoms with Gasteiger partial charge in [0.15, 0.2) is 5.82 Å². The van der Waals surface area contributed by atoms with Crippen molar-refractivity contribution >= 4 is 11.9 Å². The van der Waals surface area contributed by atoms with Crippen molar-refractivity contribution in [3.05, 3.63) is 70.3 Å². The zero-order valence-electron chi connectivity index (χ0n) is 18.7. The van der Waals surface area contributed by atoms with Crippen LogP contribution in [0.25, 0.3) is 11.3 Å². The molecule has 12 heteroatoms. The molecule has 0 N–H and O–H groups in total. The number of piperidine rings is 1. The molecule has 35 heavy (non-hydrogen) atoms. The lowest BCUT2D eigenvalue weighted by Gasteiger charge is -2.26. The molecule has 3 aromatic rings. The number of hydrogen-bond donors (Lipinski definition) is 0. The molecule has 5 rings (SSSR count). The lowest BCUT2D eigenvalue weighted by Crippen LogP contribution is -2.38. The Morgan fingerprint density at radius 2 is 1.86 bits per heavy atom. The molecule has 2 aliphatic rings. The molecular formula is C23H20F4N6O2. The van der Waals surface area contributed by atoms with E-state index in [1.54, 1.807) is 19.0 Å². The van der Waals surface area contributed by atoms with Gasteiger partial charge in [-0.1, -0.05) is 0 Å². The van der Waals surface area contributed by atoms with E-state index in [2.05, 4.69) is 15.0 Å². The Kier molecular flexibility index (Phi) is 5.33. The van der Waals surface area contributed by atoms with Gasteiger partial charge in [0.05, 0.1) is 17.5 Å². The van der Waals surface area contributed by atoms with Gasteiger partial charge in [-0.3, -0.25) is 24.1 Å². The predicted octanol–water partition coefficient (Wildman–Crippen LogP) is 2.60. The predicted molar refractivity (Wildman–Crippen MR) is 117 cm³/mol. The van der Waals surface area contributed by atoms with E-state index in [1.165, 1.54) is 22.9 Å². The van der Waals surface area contributed by atoms with Crippen LogP contribution in [0.4, 0.5) is 23.5 Å². The maximum atomic E-state index is 14.2. The third-order valence-corrected chi connectivity index (χ3v) is 6.66. The molecule has 3 atom stereocenters. The monoisotopic (exact) mass is 488 g/mol. The number of pyridine rings is 2. The summed E-state index contributed by atoms with van der Waals surface area (Å²) in [4.78, 5) is 40.4. The maximum absolute atomic E-state index is 14.2. The van der Waals surface area contributed by atoms with Crippen LogP contribution >= 0.6 is 0 Å². The Morgan fingerprint density at radius 3 is 2.46 bits per heavy atom. The van der Waals surface area contributed by atoms with E-state index in [4.69, 9.17) is 0 Å². The smallest absolute Gasteiger partial charge is 0.342 e. The van der Waals surface area contributed by atoms with E-state index >= 15 is 0 Å². The average molecular weight is 488 g/mol. The summed E-state index contributed by atoms with van der Waals surface area (Å²) in [7, 11) is 3.38. The molecule has 8 nitrogen and oxygen atoms in total. The van der Waals surface area contributed by atoms with Crippen LogP contribution in [0.3, 0.4) is 0 Å². The second-order valence-corrected chi connectivity index (χ2v) is 8.76. The molecule has 1 saturated carbocycles. The summed E-state index contributed by atoms with van der Waals surface area (Å²) in [6.07, 6.45) is -1.14. The van der Waals surface area contributed by atoms with Crippen molar-refractivity contribution in [2.45, 2.75) is 12.2 Å². The Hall–Kier alpha value is -3.83. The van der Waals surface area contributed by atoms with Crippen molar-refractivity contribution in [1.29, 1.82) is 0 Å². The Balaban J connectivity index is 1.30. The van der Waals surface area contributed by atoms with E-state index < -0.39 is 17.7 Å². The van der Waals surface area contributed by atoms with E-state index in [0.717, 1.165) is 24.5 Å². The highest BCUT2D eigenvalue weighted by Gasteiger charge is 2.59. The van der Waals surface area contributed by atoms with E-state index in [9.17, 15) is 27.2 Å². The van der Waals surface area contributed by atoms with Crippen molar-refractivity contribution in [3.8, 4) is 11.3 Å². The Labute approximate surface area is 196 Å². The molecule has 2 fully saturated rings. The number of aromatic nitrogens is 4. The van der Waals surface area contributed by atoms with Crippen LogP contribution in [-0.2, 0) is 13.2 Å². The summed E-state index contributed by atoms with van der Waals surface area (Å²) in [6.45, 7) is 0.846. The first-order chi connectivity index (χ1) is 16.6. The molecule has 0 bridgehead atoms. The van der Waals surface area contributed by atoms with E-state index in [-0.39, 0.29) is 46.2 Å². The van der Waals surface area contributed by atoms with Gasteiger partial charge < -0.3 is 9.80 Å². The van der Waals surface area contributed by atoms with Gasteiger partial charge in [-0.2, -0.15) is 13.2 Å². The second-order valence-electron chi connectivity index (χ2n) is 8.76. The topological polar surface area (TPSA) is 84.2 Å². The van der Waals surface area contributed by atoms with Crippen molar-refractivity contribution < 1.29 is 22.4 Å². The van der Waals surface area contributed by atoms with Crippen LogP contribution in [0.2, 0.25) is 0 Å². The summed E-state index contributed by atoms with van der Waals surface area (Å²) >= 11 is 0. The van der Waals surface area contributed by atoms with Crippen LogP contribution < -0.4 is 10.5 Å². The molecule has 182 valence electrons. The molecule has 0 radical (unpaired) electrons. The molecule has 1 aliphatic heterocycles. The molecule has 4 heterocycles. The molecule has 1 saturated heterocycles. The third-order valence-electron chi connectivity index (χ3n) is 6.66. The maximum Gasteiger partial charge on any atom is 0.433 e. The molecule has 0 spiro atoms. The summed E-state index contributed by atoms with van der Waals surface area (Å²) < 4.78 is 53.8. The number of fused-ring (bicyclic) bond motifs is 1. The number of alkyl halides is 3. The van der Waals surface area contributed by atoms with Crippen LogP contribution in [-0.4, -0.2) is 56.5 Å². The average Bonchev–Trinajstić information content (AvgIpc) is 3.32. The van der Waals surface area contributed by atoms with Crippen molar-refractivity contribution in [1.82, 2.24) is 24.4 Å². The van der Waals surface area contributed by atoms with Gasteiger partial charge in [-0.25, -0.2) is 9.37 Å². The summed E-state index contributed by atoms with van der Waals surface area (Å²) in [5, 5.41) is 0. The first kappa shape index (κ1) is 22.9. The summed E-state index contributed by atoms with van der Waals surface area (Å²) in [5.41, 5.74) is -0.921. The van der Waals surface area contributed by atoms with Crippen molar-refractivity contribution in [2.75, 3.05) is 25.0 Å². The van der Waals surface area contributed by atoms with Gasteiger partial charge in [0, 0.05) is 69.1 Å². The van der Waals surface area contributed by atoms with Crippen LogP contribution in [0.1, 0.15) is 16.1 Å². The molecule has 0 unspecified atom stereocenters. The Bertz CT molecular complexity index is 1350. The number of likely N-dealkylation sites (tertiary alicyclic amines) is 1. The number of hydrogen-bond acceptors (Lipinski definition) is 6. The van der Waals surface area contributed by atoms with E-state index in [1.807, 2.05) is 4.90 Å². The zero-order valence-corrected chi connectivity index (χ0v) is 18.7. The largest absolute Gasteiger partial charge is 0.433 e. The molecule has 1 amide bonds. The minimum Gasteiger partial charge on any atom is -0.342 e. The number of halogens is 4. The number of amides is 1. The van der Waals surface area contributed by atoms with Gasteiger partial charge in [0.2, 0.25) is 5.95 Å². The molecular weight excluding hydrogens is 468 g/mol. The fourth-order valence-electron chi connectivity index (χ4n) is 4.80. The number of rotatable bonds is 4. The van der Waals surface area contributed by atoms with Gasteiger partial charge in [0.25, 0.3) is 11.5 Å². The van der Waals surface area contributed by atoms with Crippen molar-refractivity contribution in [2.24, 2.45) is 18.9 Å². The van der Waals surface area contributed by atoms with Crippen molar-refractivity contribution in [3.63, 3.8) is 0 Å². The summed E-state index contributed by atoms with van der Waals surface area (Å²) in [6, 6.07) is 4.66. The lowest BCUT2D eigenvalue weighted by atomic mass is 10.2. The molecule has 3 aromatic heterocycles. The fourth-order valence-corrected chi connectivity index (χ4v) is 4.80. The van der Waals surface area contributed by atoms with Crippen LogP contribution in [0.5, 0.6) is 0 Å². The van der Waals surface area contributed by atoms with Gasteiger partial charge in [-0.05, 0) is 18.2 Å². The summed E-state index contributed by atoms with van der Waals surface area (Å²) in [5.74, 6) is -0.361. The number of carbonyl (C=O) groups excluding carboxylic acids is 1. The lowest BCUT2D eigenvalue weighted by molar-refractivity contribution is -0.141. The highest BCUT2D eigenvalue weighted by Crippen LogP contribution is 2.49. The second kappa shape index (κ2) is 8.14.